The van der Waals surface area contributed by atoms with Gasteiger partial charge in [0.25, 0.3) is 5.91 Å². The standard InChI is InChI=1S/C17H17ClN2O3/c1-11(17(22)23-2)10-19-16(21)15-8-4-7-14(20-15)12-5-3-6-13(18)9-12/h3-9,11H,10H2,1-2H3,(H,19,21). The van der Waals surface area contributed by atoms with Crippen molar-refractivity contribution in [1.82, 2.24) is 10.3 Å². The van der Waals surface area contributed by atoms with Crippen LogP contribution in [0.5, 0.6) is 0 Å². The van der Waals surface area contributed by atoms with Crippen LogP contribution in [0.1, 0.15) is 17.4 Å². The Morgan fingerprint density at radius 3 is 2.70 bits per heavy atom. The van der Waals surface area contributed by atoms with Gasteiger partial charge in [-0.2, -0.15) is 0 Å². The van der Waals surface area contributed by atoms with Crippen molar-refractivity contribution in [3.8, 4) is 11.3 Å². The molecule has 0 radical (unpaired) electrons. The van der Waals surface area contributed by atoms with Gasteiger partial charge in [0.15, 0.2) is 0 Å². The molecule has 0 saturated heterocycles. The summed E-state index contributed by atoms with van der Waals surface area (Å²) in [7, 11) is 1.32. The average molecular weight is 333 g/mol. The van der Waals surface area contributed by atoms with Gasteiger partial charge in [-0.3, -0.25) is 9.59 Å². The summed E-state index contributed by atoms with van der Waals surface area (Å²) in [5, 5.41) is 3.28. The fourth-order valence-corrected chi connectivity index (χ4v) is 2.18. The lowest BCUT2D eigenvalue weighted by Crippen LogP contribution is -2.32. The second-order valence-electron chi connectivity index (χ2n) is 5.05. The van der Waals surface area contributed by atoms with E-state index in [2.05, 4.69) is 15.0 Å². The highest BCUT2D eigenvalue weighted by atomic mass is 35.5. The van der Waals surface area contributed by atoms with Crippen LogP contribution in [0.2, 0.25) is 5.02 Å². The molecule has 0 saturated carbocycles. The van der Waals surface area contributed by atoms with Crippen LogP contribution in [0.3, 0.4) is 0 Å². The second-order valence-corrected chi connectivity index (χ2v) is 5.49. The number of pyridine rings is 1. The predicted molar refractivity (Wildman–Crippen MR) is 88.2 cm³/mol. The van der Waals surface area contributed by atoms with Crippen molar-refractivity contribution in [3.63, 3.8) is 0 Å². The molecular formula is C17H17ClN2O3. The van der Waals surface area contributed by atoms with Crippen LogP contribution in [0.15, 0.2) is 42.5 Å². The number of halogens is 1. The Morgan fingerprint density at radius 1 is 1.26 bits per heavy atom. The molecule has 23 heavy (non-hydrogen) atoms. The van der Waals surface area contributed by atoms with Crippen LogP contribution in [0.4, 0.5) is 0 Å². The fourth-order valence-electron chi connectivity index (χ4n) is 1.99. The molecule has 1 amide bonds. The normalized spacial score (nSPS) is 11.6. The summed E-state index contributed by atoms with van der Waals surface area (Å²) in [6, 6.07) is 12.4. The zero-order valence-electron chi connectivity index (χ0n) is 12.9. The Balaban J connectivity index is 2.10. The summed E-state index contributed by atoms with van der Waals surface area (Å²) in [5.74, 6) is -1.13. The van der Waals surface area contributed by atoms with Crippen molar-refractivity contribution in [2.45, 2.75) is 6.92 Å². The van der Waals surface area contributed by atoms with Gasteiger partial charge in [0.2, 0.25) is 0 Å². The lowest BCUT2D eigenvalue weighted by Gasteiger charge is -2.10. The molecule has 6 heteroatoms. The fraction of sp³-hybridized carbons (Fsp3) is 0.235. The first-order valence-corrected chi connectivity index (χ1v) is 7.48. The Morgan fingerprint density at radius 2 is 2.00 bits per heavy atom. The maximum absolute atomic E-state index is 12.2. The minimum atomic E-state index is -0.417. The summed E-state index contributed by atoms with van der Waals surface area (Å²) in [4.78, 5) is 27.8. The number of amides is 1. The van der Waals surface area contributed by atoms with E-state index in [0.29, 0.717) is 10.7 Å². The van der Waals surface area contributed by atoms with Crippen LogP contribution < -0.4 is 5.32 Å². The molecule has 1 aromatic carbocycles. The molecule has 120 valence electrons. The minimum absolute atomic E-state index is 0.189. The highest BCUT2D eigenvalue weighted by Crippen LogP contribution is 2.21. The Hall–Kier alpha value is -2.40. The third-order valence-electron chi connectivity index (χ3n) is 3.27. The summed E-state index contributed by atoms with van der Waals surface area (Å²) in [6.07, 6.45) is 0. The van der Waals surface area contributed by atoms with Gasteiger partial charge >= 0.3 is 5.97 Å². The molecule has 5 nitrogen and oxygen atoms in total. The van der Waals surface area contributed by atoms with Crippen LogP contribution in [0, 0.1) is 5.92 Å². The van der Waals surface area contributed by atoms with Crippen molar-refractivity contribution in [2.24, 2.45) is 5.92 Å². The number of methoxy groups -OCH3 is 1. The van der Waals surface area contributed by atoms with Gasteiger partial charge in [-0.15, -0.1) is 0 Å². The van der Waals surface area contributed by atoms with Gasteiger partial charge in [0.05, 0.1) is 18.7 Å². The topological polar surface area (TPSA) is 68.3 Å². The highest BCUT2D eigenvalue weighted by Gasteiger charge is 2.15. The molecule has 2 aromatic rings. The van der Waals surface area contributed by atoms with Gasteiger partial charge in [-0.1, -0.05) is 36.7 Å². The lowest BCUT2D eigenvalue weighted by molar-refractivity contribution is -0.144. The van der Waals surface area contributed by atoms with Crippen LogP contribution in [-0.4, -0.2) is 30.5 Å². The van der Waals surface area contributed by atoms with Crippen LogP contribution >= 0.6 is 11.6 Å². The van der Waals surface area contributed by atoms with Gasteiger partial charge in [-0.25, -0.2) is 4.98 Å². The maximum Gasteiger partial charge on any atom is 0.310 e. The first-order chi connectivity index (χ1) is 11.0. The lowest BCUT2D eigenvalue weighted by atomic mass is 10.1. The molecule has 1 heterocycles. The molecule has 0 bridgehead atoms. The molecule has 0 fully saturated rings. The molecule has 1 atom stereocenters. The Labute approximate surface area is 139 Å². The number of carbonyl (C=O) groups excluding carboxylic acids is 2. The number of esters is 1. The largest absolute Gasteiger partial charge is 0.469 e. The third kappa shape index (κ3) is 4.53. The number of ether oxygens (including phenoxy) is 1. The zero-order valence-corrected chi connectivity index (χ0v) is 13.6. The van der Waals surface area contributed by atoms with Crippen molar-refractivity contribution in [1.29, 1.82) is 0 Å². The molecular weight excluding hydrogens is 316 g/mol. The molecule has 2 rings (SSSR count). The molecule has 1 aromatic heterocycles. The van der Waals surface area contributed by atoms with Crippen molar-refractivity contribution < 1.29 is 14.3 Å². The SMILES string of the molecule is COC(=O)C(C)CNC(=O)c1cccc(-c2cccc(Cl)c2)n1. The number of benzene rings is 1. The molecule has 1 N–H and O–H groups in total. The quantitative estimate of drug-likeness (QED) is 0.855. The number of hydrogen-bond donors (Lipinski definition) is 1. The van der Waals surface area contributed by atoms with E-state index < -0.39 is 5.92 Å². The van der Waals surface area contributed by atoms with E-state index in [4.69, 9.17) is 11.6 Å². The Kier molecular flexibility index (Phi) is 5.71. The zero-order chi connectivity index (χ0) is 16.8. The van der Waals surface area contributed by atoms with Gasteiger partial charge in [0.1, 0.15) is 5.69 Å². The number of rotatable bonds is 5. The highest BCUT2D eigenvalue weighted by molar-refractivity contribution is 6.30. The molecule has 0 aliphatic heterocycles. The molecule has 1 unspecified atom stereocenters. The van der Waals surface area contributed by atoms with E-state index in [-0.39, 0.29) is 24.1 Å². The van der Waals surface area contributed by atoms with Crippen LogP contribution in [-0.2, 0) is 9.53 Å². The van der Waals surface area contributed by atoms with Gasteiger partial charge < -0.3 is 10.1 Å². The third-order valence-corrected chi connectivity index (χ3v) is 3.51. The van der Waals surface area contributed by atoms with Crippen LogP contribution in [0.25, 0.3) is 11.3 Å². The van der Waals surface area contributed by atoms with Gasteiger partial charge in [-0.05, 0) is 24.3 Å². The average Bonchev–Trinajstić information content (AvgIpc) is 2.58. The molecule has 0 spiro atoms. The monoisotopic (exact) mass is 332 g/mol. The van der Waals surface area contributed by atoms with E-state index in [9.17, 15) is 9.59 Å². The minimum Gasteiger partial charge on any atom is -0.469 e. The van der Waals surface area contributed by atoms with E-state index >= 15 is 0 Å². The van der Waals surface area contributed by atoms with Crippen molar-refractivity contribution >= 4 is 23.5 Å². The van der Waals surface area contributed by atoms with Crippen molar-refractivity contribution in [2.75, 3.05) is 13.7 Å². The van der Waals surface area contributed by atoms with E-state index in [1.807, 2.05) is 12.1 Å². The number of carbonyl (C=O) groups is 2. The number of nitrogens with one attached hydrogen (secondary N) is 1. The first-order valence-electron chi connectivity index (χ1n) is 7.10. The smallest absolute Gasteiger partial charge is 0.310 e. The number of nitrogens with zero attached hydrogens (tertiary/aromatic N) is 1. The predicted octanol–water partition coefficient (Wildman–Crippen LogP) is 2.94. The Bertz CT molecular complexity index is 718. The number of aromatic nitrogens is 1. The van der Waals surface area contributed by atoms with E-state index in [0.717, 1.165) is 5.56 Å². The van der Waals surface area contributed by atoms with E-state index in [1.165, 1.54) is 7.11 Å². The number of hydrogen-bond acceptors (Lipinski definition) is 4. The summed E-state index contributed by atoms with van der Waals surface area (Å²) in [6.45, 7) is 1.87. The molecule has 0 aliphatic carbocycles. The summed E-state index contributed by atoms with van der Waals surface area (Å²) < 4.78 is 4.62. The maximum atomic E-state index is 12.2. The summed E-state index contributed by atoms with van der Waals surface area (Å²) in [5.41, 5.74) is 1.76. The van der Waals surface area contributed by atoms with Crippen molar-refractivity contribution in [3.05, 3.63) is 53.2 Å². The van der Waals surface area contributed by atoms with E-state index in [1.54, 1.807) is 37.3 Å². The first kappa shape index (κ1) is 17.0. The second kappa shape index (κ2) is 7.74. The van der Waals surface area contributed by atoms with Gasteiger partial charge in [0, 0.05) is 17.1 Å². The summed E-state index contributed by atoms with van der Waals surface area (Å²) >= 11 is 5.97. The molecule has 0 aliphatic rings.